The van der Waals surface area contributed by atoms with Crippen LogP contribution in [0, 0.1) is 5.82 Å². The maximum atomic E-state index is 13.4. The van der Waals surface area contributed by atoms with E-state index in [-0.39, 0.29) is 5.75 Å². The summed E-state index contributed by atoms with van der Waals surface area (Å²) in [6.07, 6.45) is 1.35. The highest BCUT2D eigenvalue weighted by atomic mass is 32.1. The van der Waals surface area contributed by atoms with Gasteiger partial charge in [0.25, 0.3) is 5.19 Å². The van der Waals surface area contributed by atoms with Crippen LogP contribution >= 0.6 is 11.5 Å². The topological polar surface area (TPSA) is 61.0 Å². The number of aromatic nitrogens is 2. The largest absolute Gasteiger partial charge is 0.427 e. The van der Waals surface area contributed by atoms with Crippen molar-refractivity contribution in [3.05, 3.63) is 35.9 Å². The van der Waals surface area contributed by atoms with Gasteiger partial charge in [-0.3, -0.25) is 0 Å². The fourth-order valence-corrected chi connectivity index (χ4v) is 1.46. The van der Waals surface area contributed by atoms with E-state index in [1.807, 2.05) is 0 Å². The Balaban J connectivity index is 2.22. The van der Waals surface area contributed by atoms with Crippen molar-refractivity contribution >= 4 is 11.5 Å². The first-order chi connectivity index (χ1) is 7.29. The van der Waals surface area contributed by atoms with Crippen LogP contribution in [-0.2, 0) is 6.54 Å². The van der Waals surface area contributed by atoms with Gasteiger partial charge in [-0.15, -0.1) is 0 Å². The summed E-state index contributed by atoms with van der Waals surface area (Å²) in [5, 5.41) is 0.314. The lowest BCUT2D eigenvalue weighted by Gasteiger charge is -2.03. The van der Waals surface area contributed by atoms with Crippen molar-refractivity contribution in [1.29, 1.82) is 0 Å². The van der Waals surface area contributed by atoms with E-state index in [1.165, 1.54) is 18.5 Å². The summed E-state index contributed by atoms with van der Waals surface area (Å²) in [5.41, 5.74) is 6.10. The molecule has 0 unspecified atom stereocenters. The summed E-state index contributed by atoms with van der Waals surface area (Å²) < 4.78 is 22.3. The monoisotopic (exact) mass is 225 g/mol. The van der Waals surface area contributed by atoms with Crippen molar-refractivity contribution < 1.29 is 9.13 Å². The number of rotatable bonds is 3. The first-order valence-electron chi connectivity index (χ1n) is 4.22. The van der Waals surface area contributed by atoms with Gasteiger partial charge in [-0.25, -0.2) is 4.39 Å². The van der Waals surface area contributed by atoms with E-state index >= 15 is 0 Å². The molecule has 2 aromatic rings. The Morgan fingerprint density at radius 3 is 2.93 bits per heavy atom. The molecule has 0 spiro atoms. The molecule has 6 heteroatoms. The predicted molar refractivity (Wildman–Crippen MR) is 54.3 cm³/mol. The molecule has 0 amide bonds. The lowest BCUT2D eigenvalue weighted by molar-refractivity contribution is 0.439. The Hall–Kier alpha value is -1.53. The summed E-state index contributed by atoms with van der Waals surface area (Å²) in [6, 6.07) is 4.58. The fourth-order valence-electron chi connectivity index (χ4n) is 1.06. The van der Waals surface area contributed by atoms with Gasteiger partial charge < -0.3 is 10.5 Å². The smallest absolute Gasteiger partial charge is 0.298 e. The molecular formula is C9H8FN3OS. The maximum Gasteiger partial charge on any atom is 0.298 e. The molecule has 1 aromatic heterocycles. The standard InChI is InChI=1S/C9H8FN3OS/c10-7-3-6(4-11)1-2-8(7)14-9-12-5-13-15-9/h1-3,5H,4,11H2. The molecule has 0 bridgehead atoms. The normalized spacial score (nSPS) is 10.3. The Morgan fingerprint density at radius 1 is 1.47 bits per heavy atom. The molecule has 2 rings (SSSR count). The Kier molecular flexibility index (Phi) is 2.89. The first kappa shape index (κ1) is 10.0. The van der Waals surface area contributed by atoms with Crippen LogP contribution in [0.5, 0.6) is 10.9 Å². The van der Waals surface area contributed by atoms with Crippen LogP contribution in [0.1, 0.15) is 5.56 Å². The molecule has 0 saturated heterocycles. The van der Waals surface area contributed by atoms with Gasteiger partial charge in [0.05, 0.1) is 0 Å². The minimum absolute atomic E-state index is 0.129. The third-order valence-corrected chi connectivity index (χ3v) is 2.31. The van der Waals surface area contributed by atoms with Gasteiger partial charge in [0.2, 0.25) is 0 Å². The Morgan fingerprint density at radius 2 is 2.33 bits per heavy atom. The summed E-state index contributed by atoms with van der Waals surface area (Å²) in [4.78, 5) is 3.79. The van der Waals surface area contributed by atoms with Crippen molar-refractivity contribution in [2.24, 2.45) is 5.73 Å². The SMILES string of the molecule is NCc1ccc(Oc2ncns2)c(F)c1. The van der Waals surface area contributed by atoms with E-state index in [1.54, 1.807) is 6.07 Å². The molecular weight excluding hydrogens is 217 g/mol. The third kappa shape index (κ3) is 2.28. The van der Waals surface area contributed by atoms with Crippen molar-refractivity contribution in [2.75, 3.05) is 0 Å². The van der Waals surface area contributed by atoms with Gasteiger partial charge in [0, 0.05) is 18.1 Å². The molecule has 1 heterocycles. The van der Waals surface area contributed by atoms with Crippen molar-refractivity contribution in [2.45, 2.75) is 6.54 Å². The highest BCUT2D eigenvalue weighted by Crippen LogP contribution is 2.25. The van der Waals surface area contributed by atoms with E-state index in [4.69, 9.17) is 10.5 Å². The number of nitrogens with two attached hydrogens (primary N) is 1. The van der Waals surface area contributed by atoms with Crippen LogP contribution < -0.4 is 10.5 Å². The van der Waals surface area contributed by atoms with Gasteiger partial charge in [0.1, 0.15) is 6.33 Å². The summed E-state index contributed by atoms with van der Waals surface area (Å²) in [6.45, 7) is 0.302. The van der Waals surface area contributed by atoms with Crippen molar-refractivity contribution in [1.82, 2.24) is 9.36 Å². The van der Waals surface area contributed by atoms with Crippen LogP contribution in [0.4, 0.5) is 4.39 Å². The van der Waals surface area contributed by atoms with Crippen LogP contribution in [0.25, 0.3) is 0 Å². The molecule has 4 nitrogen and oxygen atoms in total. The number of hydrogen-bond donors (Lipinski definition) is 1. The number of ether oxygens (including phenoxy) is 1. The molecule has 0 aliphatic carbocycles. The third-order valence-electron chi connectivity index (χ3n) is 1.77. The van der Waals surface area contributed by atoms with E-state index in [9.17, 15) is 4.39 Å². The molecule has 0 saturated carbocycles. The Labute approximate surface area is 89.7 Å². The summed E-state index contributed by atoms with van der Waals surface area (Å²) in [5.74, 6) is -0.322. The van der Waals surface area contributed by atoms with Crippen LogP contribution in [0.15, 0.2) is 24.5 Å². The summed E-state index contributed by atoms with van der Waals surface area (Å²) in [7, 11) is 0. The van der Waals surface area contributed by atoms with Crippen LogP contribution in [0.3, 0.4) is 0 Å². The van der Waals surface area contributed by atoms with E-state index in [2.05, 4.69) is 9.36 Å². The van der Waals surface area contributed by atoms with Crippen molar-refractivity contribution in [3.8, 4) is 10.9 Å². The maximum absolute atomic E-state index is 13.4. The minimum Gasteiger partial charge on any atom is -0.427 e. The molecule has 0 radical (unpaired) electrons. The second kappa shape index (κ2) is 4.33. The number of nitrogens with zero attached hydrogens (tertiary/aromatic N) is 2. The highest BCUT2D eigenvalue weighted by molar-refractivity contribution is 7.07. The predicted octanol–water partition coefficient (Wildman–Crippen LogP) is 1.93. The number of hydrogen-bond acceptors (Lipinski definition) is 5. The van der Waals surface area contributed by atoms with E-state index in [0.717, 1.165) is 17.1 Å². The van der Waals surface area contributed by atoms with Gasteiger partial charge in [-0.05, 0) is 17.7 Å². The molecule has 15 heavy (non-hydrogen) atoms. The Bertz CT molecular complexity index is 447. The van der Waals surface area contributed by atoms with Gasteiger partial charge in [0.15, 0.2) is 11.6 Å². The fraction of sp³-hybridized carbons (Fsp3) is 0.111. The summed E-state index contributed by atoms with van der Waals surface area (Å²) >= 11 is 1.06. The lowest BCUT2D eigenvalue weighted by atomic mass is 10.2. The zero-order valence-electron chi connectivity index (χ0n) is 7.68. The molecule has 0 aliphatic heterocycles. The highest BCUT2D eigenvalue weighted by Gasteiger charge is 2.07. The second-order valence-electron chi connectivity index (χ2n) is 2.78. The number of benzene rings is 1. The minimum atomic E-state index is -0.451. The number of halogens is 1. The average molecular weight is 225 g/mol. The van der Waals surface area contributed by atoms with Gasteiger partial charge in [-0.1, -0.05) is 6.07 Å². The van der Waals surface area contributed by atoms with Gasteiger partial charge in [-0.2, -0.15) is 9.36 Å². The molecule has 0 atom stereocenters. The van der Waals surface area contributed by atoms with E-state index < -0.39 is 5.82 Å². The van der Waals surface area contributed by atoms with Gasteiger partial charge >= 0.3 is 0 Å². The molecule has 78 valence electrons. The molecule has 0 fully saturated rings. The second-order valence-corrected chi connectivity index (χ2v) is 3.52. The van der Waals surface area contributed by atoms with E-state index in [0.29, 0.717) is 11.7 Å². The zero-order valence-corrected chi connectivity index (χ0v) is 8.50. The lowest BCUT2D eigenvalue weighted by Crippen LogP contribution is -1.97. The van der Waals surface area contributed by atoms with Crippen LogP contribution in [0.2, 0.25) is 0 Å². The quantitative estimate of drug-likeness (QED) is 0.867. The van der Waals surface area contributed by atoms with Crippen molar-refractivity contribution in [3.63, 3.8) is 0 Å². The molecule has 2 N–H and O–H groups in total. The average Bonchev–Trinajstić information content (AvgIpc) is 2.74. The molecule has 1 aromatic carbocycles. The first-order valence-corrected chi connectivity index (χ1v) is 5.00. The molecule has 0 aliphatic rings. The van der Waals surface area contributed by atoms with Crippen LogP contribution in [-0.4, -0.2) is 9.36 Å². The zero-order chi connectivity index (χ0) is 10.7.